The first-order valence-electron chi connectivity index (χ1n) is 6.82. The van der Waals surface area contributed by atoms with E-state index < -0.39 is 0 Å². The fourth-order valence-corrected chi connectivity index (χ4v) is 2.95. The van der Waals surface area contributed by atoms with E-state index in [2.05, 4.69) is 37.5 Å². The molecule has 0 aliphatic carbocycles. The van der Waals surface area contributed by atoms with E-state index in [-0.39, 0.29) is 0 Å². The maximum absolute atomic E-state index is 5.88. The Bertz CT molecular complexity index is 190. The second-order valence-corrected chi connectivity index (χ2v) is 5.21. The highest BCUT2D eigenvalue weighted by Crippen LogP contribution is 2.20. The molecule has 0 spiro atoms. The molecule has 1 aliphatic heterocycles. The first kappa shape index (κ1) is 13.9. The number of hydrogen-bond acceptors (Lipinski definition) is 3. The van der Waals surface area contributed by atoms with Crippen LogP contribution in [0.3, 0.4) is 0 Å². The van der Waals surface area contributed by atoms with Crippen LogP contribution in [-0.2, 0) is 0 Å². The van der Waals surface area contributed by atoms with Gasteiger partial charge in [-0.3, -0.25) is 9.80 Å². The van der Waals surface area contributed by atoms with Crippen LogP contribution in [-0.4, -0.2) is 54.6 Å². The van der Waals surface area contributed by atoms with E-state index >= 15 is 0 Å². The van der Waals surface area contributed by atoms with Crippen LogP contribution in [0.1, 0.15) is 34.1 Å². The summed E-state index contributed by atoms with van der Waals surface area (Å²) in [6.45, 7) is 14.6. The van der Waals surface area contributed by atoms with Crippen molar-refractivity contribution in [3.05, 3.63) is 0 Å². The summed E-state index contributed by atoms with van der Waals surface area (Å²) < 4.78 is 0. The topological polar surface area (TPSA) is 32.5 Å². The highest BCUT2D eigenvalue weighted by molar-refractivity contribution is 4.88. The molecule has 0 saturated carbocycles. The van der Waals surface area contributed by atoms with Gasteiger partial charge in [-0.25, -0.2) is 0 Å². The van der Waals surface area contributed by atoms with E-state index in [1.54, 1.807) is 0 Å². The van der Waals surface area contributed by atoms with Gasteiger partial charge in [0.15, 0.2) is 0 Å². The highest BCUT2D eigenvalue weighted by atomic mass is 15.3. The zero-order valence-electron chi connectivity index (χ0n) is 11.4. The maximum Gasteiger partial charge on any atom is 0.0242 e. The largest absolute Gasteiger partial charge is 0.329 e. The molecule has 1 fully saturated rings. The van der Waals surface area contributed by atoms with Crippen molar-refractivity contribution >= 4 is 0 Å². The summed E-state index contributed by atoms with van der Waals surface area (Å²) >= 11 is 0. The Morgan fingerprint density at radius 3 is 2.38 bits per heavy atom. The van der Waals surface area contributed by atoms with Crippen LogP contribution in [0.25, 0.3) is 0 Å². The number of likely N-dealkylation sites (N-methyl/N-ethyl adjacent to an activating group) is 1. The molecule has 0 amide bonds. The Morgan fingerprint density at radius 2 is 1.94 bits per heavy atom. The third-order valence-corrected chi connectivity index (χ3v) is 4.00. The van der Waals surface area contributed by atoms with Crippen molar-refractivity contribution in [1.29, 1.82) is 0 Å². The lowest BCUT2D eigenvalue weighted by Gasteiger charge is -2.31. The molecular weight excluding hydrogens is 198 g/mol. The van der Waals surface area contributed by atoms with Gasteiger partial charge in [0.25, 0.3) is 0 Å². The number of rotatable bonds is 6. The van der Waals surface area contributed by atoms with Gasteiger partial charge in [-0.2, -0.15) is 0 Å². The normalized spacial score (nSPS) is 24.6. The Kier molecular flexibility index (Phi) is 5.73. The van der Waals surface area contributed by atoms with E-state index in [0.29, 0.717) is 12.0 Å². The third-order valence-electron chi connectivity index (χ3n) is 4.00. The van der Waals surface area contributed by atoms with Crippen LogP contribution in [0.2, 0.25) is 0 Å². The van der Waals surface area contributed by atoms with Crippen LogP contribution in [0.5, 0.6) is 0 Å². The van der Waals surface area contributed by atoms with E-state index in [1.807, 2.05) is 0 Å². The van der Waals surface area contributed by atoms with Gasteiger partial charge in [0.1, 0.15) is 0 Å². The molecule has 1 rings (SSSR count). The monoisotopic (exact) mass is 227 g/mol. The fourth-order valence-electron chi connectivity index (χ4n) is 2.95. The first-order valence-corrected chi connectivity index (χ1v) is 6.82. The molecule has 1 saturated heterocycles. The van der Waals surface area contributed by atoms with Crippen molar-refractivity contribution in [2.45, 2.75) is 46.2 Å². The van der Waals surface area contributed by atoms with Crippen molar-refractivity contribution in [3.63, 3.8) is 0 Å². The third kappa shape index (κ3) is 3.19. The van der Waals surface area contributed by atoms with Crippen molar-refractivity contribution in [1.82, 2.24) is 9.80 Å². The molecule has 0 aromatic rings. The summed E-state index contributed by atoms with van der Waals surface area (Å²) in [6.07, 6.45) is 1.31. The molecule has 0 bridgehead atoms. The van der Waals surface area contributed by atoms with Crippen molar-refractivity contribution in [2.75, 3.05) is 32.7 Å². The van der Waals surface area contributed by atoms with Gasteiger partial charge in [-0.15, -0.1) is 0 Å². The molecule has 2 N–H and O–H groups in total. The fraction of sp³-hybridized carbons (Fsp3) is 1.00. The molecule has 0 aromatic heterocycles. The molecule has 0 aromatic carbocycles. The van der Waals surface area contributed by atoms with Gasteiger partial charge in [0, 0.05) is 31.7 Å². The number of nitrogens with two attached hydrogens (primary N) is 1. The quantitative estimate of drug-likeness (QED) is 0.744. The number of nitrogens with zero attached hydrogens (tertiary/aromatic N) is 2. The van der Waals surface area contributed by atoms with Gasteiger partial charge in [-0.1, -0.05) is 27.7 Å². The Hall–Kier alpha value is -0.120. The zero-order chi connectivity index (χ0) is 12.1. The number of likely N-dealkylation sites (tertiary alicyclic amines) is 1. The second-order valence-electron chi connectivity index (χ2n) is 5.21. The first-order chi connectivity index (χ1) is 7.63. The summed E-state index contributed by atoms with van der Waals surface area (Å²) in [7, 11) is 0. The van der Waals surface area contributed by atoms with E-state index in [4.69, 9.17) is 5.73 Å². The second kappa shape index (κ2) is 6.58. The Balaban J connectivity index is 2.50. The standard InChI is InChI=1S/C13H29N3/c1-5-15(6-2)12-7-8-16(10-12)13(9-14)11(3)4/h11-13H,5-10,14H2,1-4H3. The molecule has 0 radical (unpaired) electrons. The van der Waals surface area contributed by atoms with Crippen LogP contribution in [0, 0.1) is 5.92 Å². The molecule has 2 unspecified atom stereocenters. The lowest BCUT2D eigenvalue weighted by molar-refractivity contribution is 0.165. The summed E-state index contributed by atoms with van der Waals surface area (Å²) in [5, 5.41) is 0. The summed E-state index contributed by atoms with van der Waals surface area (Å²) in [4.78, 5) is 5.17. The smallest absolute Gasteiger partial charge is 0.0242 e. The molecule has 1 heterocycles. The molecular formula is C13H29N3. The van der Waals surface area contributed by atoms with E-state index in [9.17, 15) is 0 Å². The molecule has 1 aliphatic rings. The zero-order valence-corrected chi connectivity index (χ0v) is 11.4. The SMILES string of the molecule is CCN(CC)C1CCN(C(CN)C(C)C)C1. The minimum atomic E-state index is 0.570. The van der Waals surface area contributed by atoms with Crippen molar-refractivity contribution in [2.24, 2.45) is 11.7 Å². The lowest BCUT2D eigenvalue weighted by atomic mass is 10.0. The minimum absolute atomic E-state index is 0.570. The highest BCUT2D eigenvalue weighted by Gasteiger charge is 2.31. The van der Waals surface area contributed by atoms with E-state index in [0.717, 1.165) is 12.6 Å². The summed E-state index contributed by atoms with van der Waals surface area (Å²) in [5.74, 6) is 0.667. The molecule has 3 heteroatoms. The van der Waals surface area contributed by atoms with Gasteiger partial charge >= 0.3 is 0 Å². The Morgan fingerprint density at radius 1 is 1.31 bits per heavy atom. The lowest BCUT2D eigenvalue weighted by Crippen LogP contribution is -2.45. The van der Waals surface area contributed by atoms with E-state index in [1.165, 1.54) is 32.6 Å². The summed E-state index contributed by atoms with van der Waals surface area (Å²) in [5.41, 5.74) is 5.88. The number of hydrogen-bond donors (Lipinski definition) is 1. The maximum atomic E-state index is 5.88. The minimum Gasteiger partial charge on any atom is -0.329 e. The molecule has 96 valence electrons. The van der Waals surface area contributed by atoms with Crippen LogP contribution < -0.4 is 5.73 Å². The van der Waals surface area contributed by atoms with Gasteiger partial charge < -0.3 is 5.73 Å². The Labute approximate surface area is 101 Å². The van der Waals surface area contributed by atoms with Crippen LogP contribution >= 0.6 is 0 Å². The summed E-state index contributed by atoms with van der Waals surface area (Å²) in [6, 6.07) is 1.32. The van der Waals surface area contributed by atoms with Crippen LogP contribution in [0.4, 0.5) is 0 Å². The van der Waals surface area contributed by atoms with Crippen LogP contribution in [0.15, 0.2) is 0 Å². The predicted molar refractivity (Wildman–Crippen MR) is 70.6 cm³/mol. The average Bonchev–Trinajstić information content (AvgIpc) is 2.70. The molecule has 16 heavy (non-hydrogen) atoms. The van der Waals surface area contributed by atoms with Gasteiger partial charge in [0.05, 0.1) is 0 Å². The average molecular weight is 227 g/mol. The van der Waals surface area contributed by atoms with Gasteiger partial charge in [0.2, 0.25) is 0 Å². The van der Waals surface area contributed by atoms with Gasteiger partial charge in [-0.05, 0) is 25.4 Å². The van der Waals surface area contributed by atoms with Crippen molar-refractivity contribution < 1.29 is 0 Å². The molecule has 3 nitrogen and oxygen atoms in total. The molecule has 2 atom stereocenters. The predicted octanol–water partition coefficient (Wildman–Crippen LogP) is 1.39. The van der Waals surface area contributed by atoms with Crippen molar-refractivity contribution in [3.8, 4) is 0 Å².